The number of halogens is 2. The summed E-state index contributed by atoms with van der Waals surface area (Å²) in [6, 6.07) is 11.9. The molecular formula is C17H15Cl2N3O3S. The first-order valence-electron chi connectivity index (χ1n) is 7.58. The predicted octanol–water partition coefficient (Wildman–Crippen LogP) is 4.17. The Morgan fingerprint density at radius 2 is 1.81 bits per heavy atom. The van der Waals surface area contributed by atoms with Crippen LogP contribution in [0.5, 0.6) is 0 Å². The van der Waals surface area contributed by atoms with E-state index in [1.165, 1.54) is 25.2 Å². The highest BCUT2D eigenvalue weighted by atomic mass is 35.5. The number of nitrogens with zero attached hydrogens (tertiary/aromatic N) is 3. The molecule has 0 unspecified atom stereocenters. The fraction of sp³-hybridized carbons (Fsp3) is 0.176. The van der Waals surface area contributed by atoms with Crippen LogP contribution in [0.4, 0.5) is 0 Å². The number of hydrogen-bond acceptors (Lipinski definition) is 5. The molecule has 0 radical (unpaired) electrons. The molecule has 0 fully saturated rings. The first-order chi connectivity index (χ1) is 12.3. The zero-order valence-electron chi connectivity index (χ0n) is 14.0. The van der Waals surface area contributed by atoms with E-state index in [4.69, 9.17) is 27.7 Å². The Hall–Kier alpha value is -1.93. The number of aryl methyl sites for hydroxylation is 1. The molecule has 2 aromatic carbocycles. The maximum atomic E-state index is 12.7. The SMILES string of the molecule is Cc1ccc(-c2noc(CN(C)S(=O)(=O)c3cc(Cl)ccc3Cl)n2)cc1. The molecule has 0 atom stereocenters. The van der Waals surface area contributed by atoms with Gasteiger partial charge in [0.2, 0.25) is 21.7 Å². The molecule has 0 bridgehead atoms. The van der Waals surface area contributed by atoms with Crippen molar-refractivity contribution < 1.29 is 12.9 Å². The molecule has 0 N–H and O–H groups in total. The summed E-state index contributed by atoms with van der Waals surface area (Å²) in [4.78, 5) is 4.18. The molecule has 0 saturated heterocycles. The molecule has 1 aromatic heterocycles. The lowest BCUT2D eigenvalue weighted by atomic mass is 10.1. The fourth-order valence-corrected chi connectivity index (χ4v) is 4.11. The lowest BCUT2D eigenvalue weighted by molar-refractivity contribution is 0.337. The Morgan fingerprint density at radius 3 is 2.50 bits per heavy atom. The Bertz CT molecular complexity index is 1030. The Balaban J connectivity index is 1.82. The first-order valence-corrected chi connectivity index (χ1v) is 9.78. The molecule has 0 aliphatic rings. The quantitative estimate of drug-likeness (QED) is 0.629. The van der Waals surface area contributed by atoms with E-state index < -0.39 is 10.0 Å². The van der Waals surface area contributed by atoms with Crippen molar-refractivity contribution in [2.24, 2.45) is 0 Å². The molecule has 0 saturated carbocycles. The fourth-order valence-electron chi connectivity index (χ4n) is 2.26. The number of sulfonamides is 1. The highest BCUT2D eigenvalue weighted by molar-refractivity contribution is 7.89. The minimum Gasteiger partial charge on any atom is -0.338 e. The molecule has 26 heavy (non-hydrogen) atoms. The van der Waals surface area contributed by atoms with Crippen LogP contribution in [0.15, 0.2) is 51.9 Å². The van der Waals surface area contributed by atoms with E-state index in [9.17, 15) is 8.42 Å². The maximum Gasteiger partial charge on any atom is 0.244 e. The van der Waals surface area contributed by atoms with E-state index in [0.29, 0.717) is 5.82 Å². The van der Waals surface area contributed by atoms with Gasteiger partial charge in [-0.25, -0.2) is 8.42 Å². The van der Waals surface area contributed by atoms with Crippen molar-refractivity contribution in [3.05, 3.63) is 64.0 Å². The summed E-state index contributed by atoms with van der Waals surface area (Å²) in [7, 11) is -2.46. The summed E-state index contributed by atoms with van der Waals surface area (Å²) in [5.74, 6) is 0.566. The Labute approximate surface area is 161 Å². The Morgan fingerprint density at radius 1 is 1.12 bits per heavy atom. The summed E-state index contributed by atoms with van der Waals surface area (Å²) >= 11 is 11.9. The largest absolute Gasteiger partial charge is 0.338 e. The highest BCUT2D eigenvalue weighted by Crippen LogP contribution is 2.28. The Kier molecular flexibility index (Phi) is 5.34. The number of hydrogen-bond donors (Lipinski definition) is 0. The van der Waals surface area contributed by atoms with E-state index in [1.54, 1.807) is 0 Å². The predicted molar refractivity (Wildman–Crippen MR) is 99.6 cm³/mol. The zero-order chi connectivity index (χ0) is 18.9. The van der Waals surface area contributed by atoms with Crippen LogP contribution in [-0.2, 0) is 16.6 Å². The maximum absolute atomic E-state index is 12.7. The van der Waals surface area contributed by atoms with Gasteiger partial charge < -0.3 is 4.52 Å². The summed E-state index contributed by atoms with van der Waals surface area (Å²) < 4.78 is 31.7. The molecule has 136 valence electrons. The van der Waals surface area contributed by atoms with E-state index in [0.717, 1.165) is 15.4 Å². The number of aromatic nitrogens is 2. The van der Waals surface area contributed by atoms with Crippen molar-refractivity contribution in [3.8, 4) is 11.4 Å². The number of rotatable bonds is 5. The lowest BCUT2D eigenvalue weighted by Gasteiger charge is -2.16. The van der Waals surface area contributed by atoms with Crippen molar-refractivity contribution in [2.75, 3.05) is 7.05 Å². The van der Waals surface area contributed by atoms with Crippen LogP contribution < -0.4 is 0 Å². The van der Waals surface area contributed by atoms with Crippen LogP contribution in [0.2, 0.25) is 10.0 Å². The third kappa shape index (κ3) is 3.91. The molecular weight excluding hydrogens is 397 g/mol. The molecule has 0 aliphatic heterocycles. The minimum atomic E-state index is -3.86. The second kappa shape index (κ2) is 7.36. The number of benzene rings is 2. The van der Waals surface area contributed by atoms with Crippen molar-refractivity contribution in [2.45, 2.75) is 18.4 Å². The minimum absolute atomic E-state index is 0.0764. The molecule has 3 aromatic rings. The molecule has 0 spiro atoms. The third-order valence-corrected chi connectivity index (χ3v) is 6.24. The van der Waals surface area contributed by atoms with Gasteiger partial charge in [-0.3, -0.25) is 0 Å². The topological polar surface area (TPSA) is 76.3 Å². The average molecular weight is 412 g/mol. The van der Waals surface area contributed by atoms with Crippen molar-refractivity contribution in [3.63, 3.8) is 0 Å². The van der Waals surface area contributed by atoms with Gasteiger partial charge in [-0.15, -0.1) is 0 Å². The normalized spacial score (nSPS) is 11.9. The zero-order valence-corrected chi connectivity index (χ0v) is 16.3. The molecule has 0 amide bonds. The van der Waals surface area contributed by atoms with Gasteiger partial charge in [-0.2, -0.15) is 9.29 Å². The summed E-state index contributed by atoms with van der Waals surface area (Å²) in [5.41, 5.74) is 1.90. The van der Waals surface area contributed by atoms with Crippen molar-refractivity contribution in [1.82, 2.24) is 14.4 Å². The van der Waals surface area contributed by atoms with Gasteiger partial charge in [-0.05, 0) is 25.1 Å². The van der Waals surface area contributed by atoms with Gasteiger partial charge in [0.15, 0.2) is 0 Å². The van der Waals surface area contributed by atoms with Crippen LogP contribution in [-0.4, -0.2) is 29.9 Å². The second-order valence-corrected chi connectivity index (χ2v) is 8.57. The molecule has 0 aliphatic carbocycles. The van der Waals surface area contributed by atoms with E-state index in [1.807, 2.05) is 31.2 Å². The first kappa shape index (κ1) is 18.8. The van der Waals surface area contributed by atoms with E-state index in [-0.39, 0.29) is 27.4 Å². The van der Waals surface area contributed by atoms with Crippen LogP contribution in [0, 0.1) is 6.92 Å². The molecule has 3 rings (SSSR count). The molecule has 1 heterocycles. The van der Waals surface area contributed by atoms with E-state index >= 15 is 0 Å². The van der Waals surface area contributed by atoms with Gasteiger partial charge >= 0.3 is 0 Å². The van der Waals surface area contributed by atoms with Gasteiger partial charge in [0, 0.05) is 17.6 Å². The van der Waals surface area contributed by atoms with Crippen molar-refractivity contribution in [1.29, 1.82) is 0 Å². The molecule has 9 heteroatoms. The van der Waals surface area contributed by atoms with Crippen LogP contribution in [0.25, 0.3) is 11.4 Å². The summed E-state index contributed by atoms with van der Waals surface area (Å²) in [6.07, 6.45) is 0. The highest BCUT2D eigenvalue weighted by Gasteiger charge is 2.26. The smallest absolute Gasteiger partial charge is 0.244 e. The van der Waals surface area contributed by atoms with Crippen LogP contribution in [0.1, 0.15) is 11.5 Å². The van der Waals surface area contributed by atoms with Gasteiger partial charge in [-0.1, -0.05) is 58.2 Å². The van der Waals surface area contributed by atoms with Crippen LogP contribution in [0.3, 0.4) is 0 Å². The molecule has 6 nitrogen and oxygen atoms in total. The van der Waals surface area contributed by atoms with E-state index in [2.05, 4.69) is 10.1 Å². The standard InChI is InChI=1S/C17H15Cl2N3O3S/c1-11-3-5-12(6-4-11)17-20-16(25-21-17)10-22(2)26(23,24)15-9-13(18)7-8-14(15)19/h3-9H,10H2,1-2H3. The van der Waals surface area contributed by atoms with Gasteiger partial charge in [0.05, 0.1) is 11.6 Å². The lowest BCUT2D eigenvalue weighted by Crippen LogP contribution is -2.27. The average Bonchev–Trinajstić information content (AvgIpc) is 3.06. The summed E-state index contributed by atoms with van der Waals surface area (Å²) in [6.45, 7) is 1.89. The van der Waals surface area contributed by atoms with Gasteiger partial charge in [0.25, 0.3) is 0 Å². The second-order valence-electron chi connectivity index (χ2n) is 5.71. The third-order valence-electron chi connectivity index (χ3n) is 3.72. The van der Waals surface area contributed by atoms with Gasteiger partial charge in [0.1, 0.15) is 4.90 Å². The monoisotopic (exact) mass is 411 g/mol. The van der Waals surface area contributed by atoms with Crippen molar-refractivity contribution >= 4 is 33.2 Å². The summed E-state index contributed by atoms with van der Waals surface area (Å²) in [5, 5.41) is 4.27. The van der Waals surface area contributed by atoms with Crippen LogP contribution >= 0.6 is 23.2 Å².